The molecule has 1 saturated heterocycles. The van der Waals surface area contributed by atoms with Gasteiger partial charge in [-0.25, -0.2) is 15.0 Å². The van der Waals surface area contributed by atoms with Gasteiger partial charge in [0, 0.05) is 30.8 Å². The largest absolute Gasteiger partial charge is 0.471 e. The normalized spacial score (nSPS) is 20.5. The van der Waals surface area contributed by atoms with Crippen LogP contribution in [-0.2, 0) is 11.3 Å². The molecule has 7 nitrogen and oxygen atoms in total. The van der Waals surface area contributed by atoms with E-state index in [1.54, 1.807) is 6.33 Å². The van der Waals surface area contributed by atoms with Crippen LogP contribution in [0.2, 0.25) is 0 Å². The maximum atomic E-state index is 6.02. The molecule has 134 valence electrons. The summed E-state index contributed by atoms with van der Waals surface area (Å²) >= 11 is 0. The van der Waals surface area contributed by atoms with Crippen LogP contribution >= 0.6 is 0 Å². The lowest BCUT2D eigenvalue weighted by Gasteiger charge is -2.27. The topological polar surface area (TPSA) is 72.7 Å². The van der Waals surface area contributed by atoms with Gasteiger partial charge in [-0.2, -0.15) is 0 Å². The van der Waals surface area contributed by atoms with Crippen molar-refractivity contribution < 1.29 is 9.47 Å². The van der Waals surface area contributed by atoms with Gasteiger partial charge in [-0.05, 0) is 25.8 Å². The van der Waals surface area contributed by atoms with E-state index in [-0.39, 0.29) is 5.60 Å². The number of aromatic nitrogens is 3. The summed E-state index contributed by atoms with van der Waals surface area (Å²) in [6, 6.07) is 6.00. The minimum absolute atomic E-state index is 0.0461. The predicted molar refractivity (Wildman–Crippen MR) is 96.9 cm³/mol. The first-order valence-electron chi connectivity index (χ1n) is 9.09. The van der Waals surface area contributed by atoms with Gasteiger partial charge in [0.25, 0.3) is 0 Å². The van der Waals surface area contributed by atoms with Gasteiger partial charge in [0.15, 0.2) is 0 Å². The lowest BCUT2D eigenvalue weighted by atomic mass is 10.1. The van der Waals surface area contributed by atoms with Gasteiger partial charge in [0.2, 0.25) is 5.88 Å². The van der Waals surface area contributed by atoms with E-state index in [0.717, 1.165) is 67.6 Å². The predicted octanol–water partition coefficient (Wildman–Crippen LogP) is 1.99. The van der Waals surface area contributed by atoms with Gasteiger partial charge in [0.05, 0.1) is 31.1 Å². The van der Waals surface area contributed by atoms with Crippen molar-refractivity contribution in [1.29, 1.82) is 0 Å². The molecule has 2 aliphatic heterocycles. The van der Waals surface area contributed by atoms with Crippen molar-refractivity contribution in [2.45, 2.75) is 31.9 Å². The second-order valence-corrected chi connectivity index (χ2v) is 7.23. The Morgan fingerprint density at radius 2 is 2.00 bits per heavy atom. The smallest absolute Gasteiger partial charge is 0.214 e. The molecule has 0 aromatic carbocycles. The van der Waals surface area contributed by atoms with E-state index < -0.39 is 0 Å². The van der Waals surface area contributed by atoms with Crippen molar-refractivity contribution in [2.75, 3.05) is 31.2 Å². The number of hydrogen-bond acceptors (Lipinski definition) is 7. The number of aliphatic imine (C=N–C) groups is 1. The van der Waals surface area contributed by atoms with E-state index in [4.69, 9.17) is 14.5 Å². The maximum Gasteiger partial charge on any atom is 0.214 e. The van der Waals surface area contributed by atoms with Crippen molar-refractivity contribution in [3.63, 3.8) is 0 Å². The molecule has 26 heavy (non-hydrogen) atoms. The van der Waals surface area contributed by atoms with Crippen molar-refractivity contribution >= 4 is 11.5 Å². The zero-order valence-corrected chi connectivity index (χ0v) is 14.8. The number of pyridine rings is 1. The molecule has 0 amide bonds. The molecule has 2 fully saturated rings. The van der Waals surface area contributed by atoms with Crippen LogP contribution in [0.15, 0.2) is 29.5 Å². The standard InChI is InChI=1S/C19H21N5O2/c1-19(4-5-19)26-16-3-2-13-11-20-18(17(13)23-16)14-10-15(22-12-21-14)24-6-8-25-9-7-24/h2-3,10,12H,4-9,11H2,1H3. The number of anilines is 1. The van der Waals surface area contributed by atoms with Crippen molar-refractivity contribution in [1.82, 2.24) is 15.0 Å². The van der Waals surface area contributed by atoms with Crippen LogP contribution in [0.3, 0.4) is 0 Å². The quantitative estimate of drug-likeness (QED) is 0.839. The molecule has 0 radical (unpaired) electrons. The molecular weight excluding hydrogens is 330 g/mol. The van der Waals surface area contributed by atoms with Gasteiger partial charge in [-0.15, -0.1) is 0 Å². The fourth-order valence-corrected chi connectivity index (χ4v) is 3.27. The summed E-state index contributed by atoms with van der Waals surface area (Å²) in [7, 11) is 0. The number of fused-ring (bicyclic) bond motifs is 1. The molecule has 0 spiro atoms. The highest BCUT2D eigenvalue weighted by Crippen LogP contribution is 2.39. The number of nitrogens with zero attached hydrogens (tertiary/aromatic N) is 5. The van der Waals surface area contributed by atoms with Crippen LogP contribution in [0.4, 0.5) is 5.82 Å². The molecule has 0 unspecified atom stereocenters. The van der Waals surface area contributed by atoms with Gasteiger partial charge in [-0.1, -0.05) is 0 Å². The lowest BCUT2D eigenvalue weighted by Crippen LogP contribution is -2.36. The number of ether oxygens (including phenoxy) is 2. The van der Waals surface area contributed by atoms with E-state index in [0.29, 0.717) is 12.4 Å². The minimum atomic E-state index is -0.0461. The van der Waals surface area contributed by atoms with Crippen molar-refractivity contribution in [3.8, 4) is 5.88 Å². The maximum absolute atomic E-state index is 6.02. The Hall–Kier alpha value is -2.54. The number of rotatable bonds is 4. The number of hydrogen-bond donors (Lipinski definition) is 0. The van der Waals surface area contributed by atoms with Crippen LogP contribution in [0.5, 0.6) is 5.88 Å². The molecule has 1 aliphatic carbocycles. The molecule has 4 heterocycles. The average Bonchev–Trinajstić information content (AvgIpc) is 3.25. The molecule has 0 atom stereocenters. The Bertz CT molecular complexity index is 872. The van der Waals surface area contributed by atoms with Gasteiger partial charge in [0.1, 0.15) is 23.5 Å². The fourth-order valence-electron chi connectivity index (χ4n) is 3.27. The first-order valence-corrected chi connectivity index (χ1v) is 9.09. The van der Waals surface area contributed by atoms with Crippen LogP contribution in [0.25, 0.3) is 0 Å². The zero-order chi connectivity index (χ0) is 17.6. The van der Waals surface area contributed by atoms with E-state index in [2.05, 4.69) is 32.9 Å². The SMILES string of the molecule is CC1(Oc2ccc3c(n2)C(c2cc(N4CCOCC4)ncn2)=NC3)CC1. The molecule has 1 saturated carbocycles. The summed E-state index contributed by atoms with van der Waals surface area (Å²) in [5, 5.41) is 0. The van der Waals surface area contributed by atoms with Crippen molar-refractivity contribution in [3.05, 3.63) is 41.5 Å². The van der Waals surface area contributed by atoms with Crippen molar-refractivity contribution in [2.24, 2.45) is 4.99 Å². The molecule has 2 aromatic heterocycles. The third-order valence-corrected chi connectivity index (χ3v) is 5.12. The zero-order valence-electron chi connectivity index (χ0n) is 14.8. The van der Waals surface area contributed by atoms with E-state index in [9.17, 15) is 0 Å². The van der Waals surface area contributed by atoms with Crippen LogP contribution in [0, 0.1) is 0 Å². The van der Waals surface area contributed by atoms with Gasteiger partial charge < -0.3 is 14.4 Å². The van der Waals surface area contributed by atoms with E-state index in [1.165, 1.54) is 0 Å². The summed E-state index contributed by atoms with van der Waals surface area (Å²) in [5.41, 5.74) is 3.57. The van der Waals surface area contributed by atoms with Crippen LogP contribution in [-0.4, -0.2) is 52.6 Å². The molecule has 0 bridgehead atoms. The third kappa shape index (κ3) is 2.92. The van der Waals surface area contributed by atoms with Crippen LogP contribution in [0.1, 0.15) is 36.7 Å². The molecule has 7 heteroatoms. The van der Waals surface area contributed by atoms with Gasteiger partial charge >= 0.3 is 0 Å². The average molecular weight is 351 g/mol. The van der Waals surface area contributed by atoms with E-state index >= 15 is 0 Å². The van der Waals surface area contributed by atoms with E-state index in [1.807, 2.05) is 12.1 Å². The highest BCUT2D eigenvalue weighted by atomic mass is 16.5. The Labute approximate surface area is 152 Å². The highest BCUT2D eigenvalue weighted by molar-refractivity contribution is 6.13. The summed E-state index contributed by atoms with van der Waals surface area (Å²) in [5.74, 6) is 1.58. The Kier molecular flexibility index (Phi) is 3.63. The Balaban J connectivity index is 1.44. The third-order valence-electron chi connectivity index (χ3n) is 5.12. The molecule has 3 aliphatic rings. The monoisotopic (exact) mass is 351 g/mol. The molecular formula is C19H21N5O2. The Morgan fingerprint density at radius 1 is 1.15 bits per heavy atom. The Morgan fingerprint density at radius 3 is 2.81 bits per heavy atom. The first-order chi connectivity index (χ1) is 12.7. The first kappa shape index (κ1) is 15.7. The molecule has 0 N–H and O–H groups in total. The molecule has 5 rings (SSSR count). The summed E-state index contributed by atoms with van der Waals surface area (Å²) in [6.45, 7) is 5.89. The highest BCUT2D eigenvalue weighted by Gasteiger charge is 2.40. The summed E-state index contributed by atoms with van der Waals surface area (Å²) < 4.78 is 11.4. The number of morpholine rings is 1. The summed E-state index contributed by atoms with van der Waals surface area (Å²) in [6.07, 6.45) is 3.77. The minimum Gasteiger partial charge on any atom is -0.471 e. The fraction of sp³-hybridized carbons (Fsp3) is 0.474. The second kappa shape index (κ2) is 6.02. The van der Waals surface area contributed by atoms with Crippen LogP contribution < -0.4 is 9.64 Å². The second-order valence-electron chi connectivity index (χ2n) is 7.23. The lowest BCUT2D eigenvalue weighted by molar-refractivity contribution is 0.122. The summed E-state index contributed by atoms with van der Waals surface area (Å²) in [4.78, 5) is 20.5. The molecule has 2 aromatic rings. The van der Waals surface area contributed by atoms with Gasteiger partial charge in [-0.3, -0.25) is 4.99 Å².